The van der Waals surface area contributed by atoms with Crippen LogP contribution >= 0.6 is 0 Å². The number of methoxy groups -OCH3 is 1. The maximum absolute atomic E-state index is 5.83. The molecule has 2 aromatic carbocycles. The number of hydrogen-bond donors (Lipinski definition) is 1. The minimum absolute atomic E-state index is 0.442. The van der Waals surface area contributed by atoms with E-state index in [4.69, 9.17) is 14.2 Å². The van der Waals surface area contributed by atoms with Crippen LogP contribution in [0.4, 0.5) is 5.82 Å². The minimum atomic E-state index is 0.442. The van der Waals surface area contributed by atoms with Crippen LogP contribution in [0.15, 0.2) is 66.9 Å². The van der Waals surface area contributed by atoms with Gasteiger partial charge in [-0.25, -0.2) is 4.98 Å². The Morgan fingerprint density at radius 2 is 1.64 bits per heavy atom. The largest absolute Gasteiger partial charge is 0.493 e. The fourth-order valence-electron chi connectivity index (χ4n) is 2.73. The summed E-state index contributed by atoms with van der Waals surface area (Å²) in [4.78, 5) is 4.26. The molecule has 0 spiro atoms. The van der Waals surface area contributed by atoms with Crippen molar-refractivity contribution in [2.24, 2.45) is 0 Å². The Labute approximate surface area is 166 Å². The Hall–Kier alpha value is -3.21. The van der Waals surface area contributed by atoms with Crippen molar-refractivity contribution in [3.63, 3.8) is 0 Å². The first-order valence-corrected chi connectivity index (χ1v) is 9.45. The molecule has 0 aliphatic rings. The summed E-state index contributed by atoms with van der Waals surface area (Å²) < 4.78 is 17.0. The highest BCUT2D eigenvalue weighted by atomic mass is 16.5. The van der Waals surface area contributed by atoms with E-state index in [0.717, 1.165) is 23.6 Å². The van der Waals surface area contributed by atoms with Crippen molar-refractivity contribution in [2.45, 2.75) is 19.9 Å². The summed E-state index contributed by atoms with van der Waals surface area (Å²) in [6, 6.07) is 19.8. The van der Waals surface area contributed by atoms with Crippen molar-refractivity contribution in [1.29, 1.82) is 0 Å². The molecule has 5 nitrogen and oxygen atoms in total. The molecule has 0 bridgehead atoms. The van der Waals surface area contributed by atoms with Crippen LogP contribution in [0.5, 0.6) is 17.2 Å². The van der Waals surface area contributed by atoms with Gasteiger partial charge in [0.1, 0.15) is 24.8 Å². The molecule has 0 amide bonds. The molecule has 0 aliphatic carbocycles. The van der Waals surface area contributed by atoms with Crippen molar-refractivity contribution >= 4 is 5.82 Å². The highest BCUT2D eigenvalue weighted by Gasteiger charge is 2.06. The number of pyridine rings is 1. The second-order valence-corrected chi connectivity index (χ2v) is 6.25. The zero-order valence-electron chi connectivity index (χ0n) is 16.4. The molecule has 1 N–H and O–H groups in total. The lowest BCUT2D eigenvalue weighted by atomic mass is 10.2. The maximum Gasteiger partial charge on any atom is 0.161 e. The summed E-state index contributed by atoms with van der Waals surface area (Å²) in [5.41, 5.74) is 2.38. The number of nitrogens with zero attached hydrogens (tertiary/aromatic N) is 1. The van der Waals surface area contributed by atoms with Crippen molar-refractivity contribution < 1.29 is 14.2 Å². The second-order valence-electron chi connectivity index (χ2n) is 6.25. The van der Waals surface area contributed by atoms with Crippen LogP contribution in [0.3, 0.4) is 0 Å². The number of aromatic nitrogens is 1. The number of ether oxygens (including phenoxy) is 3. The zero-order chi connectivity index (χ0) is 19.6. The van der Waals surface area contributed by atoms with Gasteiger partial charge in [-0.3, -0.25) is 0 Å². The summed E-state index contributed by atoms with van der Waals surface area (Å²) in [7, 11) is 1.64. The average Bonchev–Trinajstić information content (AvgIpc) is 2.76. The first-order valence-electron chi connectivity index (χ1n) is 9.45. The molecule has 0 fully saturated rings. The maximum atomic E-state index is 5.83. The summed E-state index contributed by atoms with van der Waals surface area (Å²) in [5.74, 6) is 3.09. The van der Waals surface area contributed by atoms with Gasteiger partial charge < -0.3 is 19.5 Å². The number of benzene rings is 2. The van der Waals surface area contributed by atoms with Gasteiger partial charge >= 0.3 is 0 Å². The number of nitrogens with one attached hydrogen (secondary N) is 1. The average molecular weight is 378 g/mol. The van der Waals surface area contributed by atoms with Crippen LogP contribution in [0.25, 0.3) is 0 Å². The molecular weight excluding hydrogens is 352 g/mol. The summed E-state index contributed by atoms with van der Waals surface area (Å²) in [5, 5.41) is 3.28. The van der Waals surface area contributed by atoms with Crippen LogP contribution < -0.4 is 19.5 Å². The number of hydrogen-bond acceptors (Lipinski definition) is 5. The van der Waals surface area contributed by atoms with Gasteiger partial charge in [-0.1, -0.05) is 31.2 Å². The number of rotatable bonds is 10. The quantitative estimate of drug-likeness (QED) is 0.517. The number of aryl methyl sites for hydroxylation is 1. The van der Waals surface area contributed by atoms with E-state index in [9.17, 15) is 0 Å². The smallest absolute Gasteiger partial charge is 0.161 e. The van der Waals surface area contributed by atoms with E-state index in [-0.39, 0.29) is 0 Å². The minimum Gasteiger partial charge on any atom is -0.493 e. The lowest BCUT2D eigenvalue weighted by molar-refractivity contribution is 0.211. The van der Waals surface area contributed by atoms with E-state index in [1.54, 1.807) is 13.3 Å². The van der Waals surface area contributed by atoms with Crippen molar-refractivity contribution in [3.8, 4) is 17.2 Å². The van der Waals surface area contributed by atoms with Gasteiger partial charge in [0, 0.05) is 12.7 Å². The van der Waals surface area contributed by atoms with Gasteiger partial charge in [0.15, 0.2) is 11.5 Å². The Bertz CT molecular complexity index is 851. The molecule has 0 unspecified atom stereocenters. The molecule has 0 radical (unpaired) electrons. The molecule has 146 valence electrons. The molecule has 3 aromatic rings. The Morgan fingerprint density at radius 1 is 0.857 bits per heavy atom. The molecule has 28 heavy (non-hydrogen) atoms. The van der Waals surface area contributed by atoms with E-state index >= 15 is 0 Å². The van der Waals surface area contributed by atoms with Gasteiger partial charge in [0.2, 0.25) is 0 Å². The topological polar surface area (TPSA) is 52.6 Å². The van der Waals surface area contributed by atoms with Crippen molar-refractivity contribution in [1.82, 2.24) is 4.98 Å². The second kappa shape index (κ2) is 10.2. The van der Waals surface area contributed by atoms with Gasteiger partial charge in [-0.2, -0.15) is 0 Å². The monoisotopic (exact) mass is 378 g/mol. The molecular formula is C23H26N2O3. The Balaban J connectivity index is 1.49. The van der Waals surface area contributed by atoms with E-state index < -0.39 is 0 Å². The Morgan fingerprint density at radius 3 is 2.36 bits per heavy atom. The zero-order valence-corrected chi connectivity index (χ0v) is 16.4. The molecule has 0 aliphatic heterocycles. The highest BCUT2D eigenvalue weighted by Crippen LogP contribution is 2.28. The standard InChI is InChI=1S/C23H26N2O3/c1-3-18-7-10-20(11-8-18)27-14-15-28-21-12-9-19(16-22(21)26-2)17-25-23-6-4-5-13-24-23/h4-13,16H,3,14-15,17H2,1-2H3,(H,24,25). The predicted octanol–water partition coefficient (Wildman–Crippen LogP) is 4.72. The van der Waals surface area contributed by atoms with Gasteiger partial charge in [0.25, 0.3) is 0 Å². The van der Waals surface area contributed by atoms with E-state index in [1.807, 2.05) is 48.5 Å². The fourth-order valence-corrected chi connectivity index (χ4v) is 2.73. The van der Waals surface area contributed by atoms with Gasteiger partial charge in [-0.05, 0) is 53.9 Å². The SMILES string of the molecule is CCc1ccc(OCCOc2ccc(CNc3ccccn3)cc2OC)cc1. The molecule has 1 aromatic heterocycles. The fraction of sp³-hybridized carbons (Fsp3) is 0.261. The molecule has 1 heterocycles. The van der Waals surface area contributed by atoms with Crippen LogP contribution in [0.1, 0.15) is 18.1 Å². The summed E-state index contributed by atoms with van der Waals surface area (Å²) >= 11 is 0. The lowest BCUT2D eigenvalue weighted by Gasteiger charge is -2.13. The predicted molar refractivity (Wildman–Crippen MR) is 111 cm³/mol. The summed E-state index contributed by atoms with van der Waals surface area (Å²) in [6.07, 6.45) is 2.79. The first-order chi connectivity index (χ1) is 13.8. The van der Waals surface area contributed by atoms with E-state index in [2.05, 4.69) is 29.4 Å². The molecule has 0 saturated carbocycles. The third kappa shape index (κ3) is 5.64. The normalized spacial score (nSPS) is 10.4. The molecule has 0 atom stereocenters. The van der Waals surface area contributed by atoms with Crippen molar-refractivity contribution in [3.05, 3.63) is 78.0 Å². The van der Waals surface area contributed by atoms with Crippen LogP contribution in [0.2, 0.25) is 0 Å². The first kappa shape index (κ1) is 19.5. The summed E-state index contributed by atoms with van der Waals surface area (Å²) in [6.45, 7) is 3.70. The lowest BCUT2D eigenvalue weighted by Crippen LogP contribution is -2.10. The van der Waals surface area contributed by atoms with Gasteiger partial charge in [0.05, 0.1) is 7.11 Å². The highest BCUT2D eigenvalue weighted by molar-refractivity contribution is 5.44. The molecule has 5 heteroatoms. The van der Waals surface area contributed by atoms with E-state index in [0.29, 0.717) is 31.3 Å². The third-order valence-corrected chi connectivity index (χ3v) is 4.31. The van der Waals surface area contributed by atoms with Gasteiger partial charge in [-0.15, -0.1) is 0 Å². The molecule has 3 rings (SSSR count). The van der Waals surface area contributed by atoms with E-state index in [1.165, 1.54) is 5.56 Å². The molecule has 0 saturated heterocycles. The van der Waals surface area contributed by atoms with Crippen LogP contribution in [0, 0.1) is 0 Å². The van der Waals surface area contributed by atoms with Crippen LogP contribution in [-0.4, -0.2) is 25.3 Å². The Kier molecular flexibility index (Phi) is 7.13. The number of anilines is 1. The third-order valence-electron chi connectivity index (χ3n) is 4.31. The van der Waals surface area contributed by atoms with Crippen LogP contribution in [-0.2, 0) is 13.0 Å². The van der Waals surface area contributed by atoms with Crippen molar-refractivity contribution in [2.75, 3.05) is 25.6 Å².